The molecule has 3 aromatic carbocycles. The molecule has 0 spiro atoms. The van der Waals surface area contributed by atoms with Crippen molar-refractivity contribution in [3.63, 3.8) is 0 Å². The van der Waals surface area contributed by atoms with E-state index >= 15 is 0 Å². The summed E-state index contributed by atoms with van der Waals surface area (Å²) in [5.74, 6) is -0.495. The van der Waals surface area contributed by atoms with Crippen LogP contribution in [0.4, 0.5) is 16.2 Å². The number of hydrogen-bond donors (Lipinski definition) is 3. The average molecular weight is 474 g/mol. The standard InChI is InChI=1S/C27H27N3O5/c1-27(2,3)35-26(33)28-17-10-7-9-16(15-17)24(31)30-22-18-11-5-6-14-21(18)29-23-19(22)12-8-13-20(23)25(32)34-4/h5-15,24,31H,1-4H3,(H,28,33)(H,29,30). The number of esters is 1. The van der Waals surface area contributed by atoms with Crippen molar-refractivity contribution in [2.75, 3.05) is 17.7 Å². The highest BCUT2D eigenvalue weighted by Crippen LogP contribution is 2.34. The van der Waals surface area contributed by atoms with Crippen LogP contribution in [0.1, 0.15) is 42.9 Å². The first kappa shape index (κ1) is 24.0. The fraction of sp³-hybridized carbons (Fsp3) is 0.222. The summed E-state index contributed by atoms with van der Waals surface area (Å²) in [6.45, 7) is 5.35. The van der Waals surface area contributed by atoms with Gasteiger partial charge in [-0.2, -0.15) is 0 Å². The number of fused-ring (bicyclic) bond motifs is 2. The Morgan fingerprint density at radius 3 is 2.43 bits per heavy atom. The molecule has 1 atom stereocenters. The van der Waals surface area contributed by atoms with Gasteiger partial charge >= 0.3 is 12.1 Å². The normalized spacial score (nSPS) is 12.3. The average Bonchev–Trinajstić information content (AvgIpc) is 2.82. The maximum atomic E-state index is 12.4. The number of amides is 1. The molecular formula is C27H27N3O5. The van der Waals surface area contributed by atoms with Crippen LogP contribution in [0.3, 0.4) is 0 Å². The lowest BCUT2D eigenvalue weighted by Crippen LogP contribution is -2.27. The van der Waals surface area contributed by atoms with Crippen LogP contribution >= 0.6 is 0 Å². The predicted molar refractivity (Wildman–Crippen MR) is 135 cm³/mol. The number of pyridine rings is 1. The minimum atomic E-state index is -1.12. The van der Waals surface area contributed by atoms with Crippen molar-refractivity contribution < 1.29 is 24.2 Å². The van der Waals surface area contributed by atoms with Crippen LogP contribution in [-0.4, -0.2) is 34.9 Å². The molecule has 8 nitrogen and oxygen atoms in total. The molecule has 0 radical (unpaired) electrons. The molecule has 0 saturated carbocycles. The number of anilines is 2. The Kier molecular flexibility index (Phi) is 6.57. The number of nitrogens with zero attached hydrogens (tertiary/aromatic N) is 1. The van der Waals surface area contributed by atoms with Crippen molar-refractivity contribution in [1.29, 1.82) is 0 Å². The van der Waals surface area contributed by atoms with Crippen molar-refractivity contribution in [3.8, 4) is 0 Å². The number of rotatable bonds is 5. The van der Waals surface area contributed by atoms with E-state index in [9.17, 15) is 14.7 Å². The van der Waals surface area contributed by atoms with Gasteiger partial charge in [0.05, 0.1) is 29.4 Å². The number of aliphatic hydroxyl groups is 1. The monoisotopic (exact) mass is 473 g/mol. The second-order valence-corrected chi connectivity index (χ2v) is 9.00. The fourth-order valence-corrected chi connectivity index (χ4v) is 3.77. The van der Waals surface area contributed by atoms with Gasteiger partial charge in [0.15, 0.2) is 6.23 Å². The summed E-state index contributed by atoms with van der Waals surface area (Å²) in [5.41, 5.74) is 2.45. The molecule has 0 aliphatic rings. The third-order valence-corrected chi connectivity index (χ3v) is 5.25. The van der Waals surface area contributed by atoms with Crippen LogP contribution < -0.4 is 10.6 Å². The quantitative estimate of drug-likeness (QED) is 0.196. The SMILES string of the molecule is COC(=O)c1cccc2c(NC(O)c3cccc(NC(=O)OC(C)(C)C)c3)c3ccccc3nc12. The van der Waals surface area contributed by atoms with Crippen LogP contribution in [0.2, 0.25) is 0 Å². The van der Waals surface area contributed by atoms with Crippen molar-refractivity contribution in [3.05, 3.63) is 77.9 Å². The summed E-state index contributed by atoms with van der Waals surface area (Å²) in [6, 6.07) is 19.5. The van der Waals surface area contributed by atoms with Crippen LogP contribution in [-0.2, 0) is 9.47 Å². The Balaban J connectivity index is 1.71. The highest BCUT2D eigenvalue weighted by molar-refractivity contribution is 6.13. The molecule has 0 bridgehead atoms. The Morgan fingerprint density at radius 2 is 1.69 bits per heavy atom. The topological polar surface area (TPSA) is 110 Å². The molecule has 1 amide bonds. The lowest BCUT2D eigenvalue weighted by molar-refractivity contribution is 0.0600. The Morgan fingerprint density at radius 1 is 0.971 bits per heavy atom. The minimum Gasteiger partial charge on any atom is -0.465 e. The van der Waals surface area contributed by atoms with Crippen molar-refractivity contribution in [2.45, 2.75) is 32.6 Å². The predicted octanol–water partition coefficient (Wildman–Crippen LogP) is 5.62. The molecule has 8 heteroatoms. The van der Waals surface area contributed by atoms with Gasteiger partial charge < -0.3 is 19.9 Å². The second kappa shape index (κ2) is 9.60. The Bertz CT molecular complexity index is 1410. The van der Waals surface area contributed by atoms with E-state index in [0.717, 1.165) is 5.39 Å². The van der Waals surface area contributed by atoms with Gasteiger partial charge in [0.25, 0.3) is 0 Å². The third kappa shape index (κ3) is 5.33. The number of hydrogen-bond acceptors (Lipinski definition) is 7. The zero-order valence-corrected chi connectivity index (χ0v) is 20.0. The molecule has 35 heavy (non-hydrogen) atoms. The third-order valence-electron chi connectivity index (χ3n) is 5.25. The number of para-hydroxylation sites is 2. The van der Waals surface area contributed by atoms with Gasteiger partial charge in [-0.05, 0) is 45.0 Å². The summed E-state index contributed by atoms with van der Waals surface area (Å²) in [6.07, 6.45) is -1.70. The first-order chi connectivity index (χ1) is 16.7. The van der Waals surface area contributed by atoms with E-state index in [1.807, 2.05) is 30.3 Å². The molecular weight excluding hydrogens is 446 g/mol. The molecule has 0 fully saturated rings. The van der Waals surface area contributed by atoms with E-state index in [1.165, 1.54) is 7.11 Å². The molecule has 0 aliphatic carbocycles. The van der Waals surface area contributed by atoms with E-state index in [2.05, 4.69) is 15.6 Å². The van der Waals surface area contributed by atoms with Gasteiger partial charge in [-0.3, -0.25) is 5.32 Å². The summed E-state index contributed by atoms with van der Waals surface area (Å²) >= 11 is 0. The van der Waals surface area contributed by atoms with Crippen LogP contribution in [0, 0.1) is 0 Å². The number of ether oxygens (including phenoxy) is 2. The summed E-state index contributed by atoms with van der Waals surface area (Å²) in [5, 5.41) is 18.4. The minimum absolute atomic E-state index is 0.330. The first-order valence-corrected chi connectivity index (χ1v) is 11.1. The summed E-state index contributed by atoms with van der Waals surface area (Å²) < 4.78 is 10.2. The lowest BCUT2D eigenvalue weighted by atomic mass is 10.0. The maximum absolute atomic E-state index is 12.4. The van der Waals surface area contributed by atoms with Crippen molar-refractivity contribution in [1.82, 2.24) is 4.98 Å². The fourth-order valence-electron chi connectivity index (χ4n) is 3.77. The van der Waals surface area contributed by atoms with Crippen molar-refractivity contribution >= 4 is 45.2 Å². The molecule has 1 aromatic heterocycles. The van der Waals surface area contributed by atoms with Gasteiger partial charge in [-0.15, -0.1) is 0 Å². The number of carbonyl (C=O) groups excluding carboxylic acids is 2. The van der Waals surface area contributed by atoms with Crippen molar-refractivity contribution in [2.24, 2.45) is 0 Å². The van der Waals surface area contributed by atoms with Gasteiger partial charge in [-0.1, -0.05) is 42.5 Å². The summed E-state index contributed by atoms with van der Waals surface area (Å²) in [4.78, 5) is 29.2. The number of nitrogens with one attached hydrogen (secondary N) is 2. The highest BCUT2D eigenvalue weighted by Gasteiger charge is 2.19. The van der Waals surface area contributed by atoms with E-state index in [0.29, 0.717) is 38.9 Å². The lowest BCUT2D eigenvalue weighted by Gasteiger charge is -2.21. The Hall–Kier alpha value is -4.17. The van der Waals surface area contributed by atoms with Crippen LogP contribution in [0.25, 0.3) is 21.8 Å². The summed E-state index contributed by atoms with van der Waals surface area (Å²) in [7, 11) is 1.32. The molecule has 4 aromatic rings. The maximum Gasteiger partial charge on any atom is 0.412 e. The van der Waals surface area contributed by atoms with E-state index < -0.39 is 23.9 Å². The van der Waals surface area contributed by atoms with Crippen LogP contribution in [0.15, 0.2) is 66.7 Å². The zero-order valence-electron chi connectivity index (χ0n) is 20.0. The van der Waals surface area contributed by atoms with E-state index in [-0.39, 0.29) is 0 Å². The van der Waals surface area contributed by atoms with Gasteiger partial charge in [-0.25, -0.2) is 14.6 Å². The molecule has 0 aliphatic heterocycles. The first-order valence-electron chi connectivity index (χ1n) is 11.1. The molecule has 0 saturated heterocycles. The van der Waals surface area contributed by atoms with E-state index in [4.69, 9.17) is 9.47 Å². The van der Waals surface area contributed by atoms with Gasteiger partial charge in [0.1, 0.15) is 5.60 Å². The second-order valence-electron chi connectivity index (χ2n) is 9.00. The molecule has 180 valence electrons. The largest absolute Gasteiger partial charge is 0.465 e. The highest BCUT2D eigenvalue weighted by atomic mass is 16.6. The number of methoxy groups -OCH3 is 1. The van der Waals surface area contributed by atoms with Crippen LogP contribution in [0.5, 0.6) is 0 Å². The number of carbonyl (C=O) groups is 2. The smallest absolute Gasteiger partial charge is 0.412 e. The van der Waals surface area contributed by atoms with Gasteiger partial charge in [0, 0.05) is 22.0 Å². The zero-order chi connectivity index (χ0) is 25.2. The number of benzene rings is 3. The molecule has 3 N–H and O–H groups in total. The number of aliphatic hydroxyl groups excluding tert-OH is 1. The van der Waals surface area contributed by atoms with E-state index in [1.54, 1.807) is 57.2 Å². The molecule has 1 unspecified atom stereocenters. The molecule has 4 rings (SSSR count). The molecule has 1 heterocycles. The Labute approximate surface area is 202 Å². The van der Waals surface area contributed by atoms with Gasteiger partial charge in [0.2, 0.25) is 0 Å². The number of aromatic nitrogens is 1.